The fraction of sp³-hybridized carbons (Fsp3) is 0.667. The molecule has 0 saturated carbocycles. The Morgan fingerprint density at radius 3 is 3.17 bits per heavy atom. The first kappa shape index (κ1) is 7.80. The zero-order chi connectivity index (χ0) is 8.23. The van der Waals surface area contributed by atoms with Crippen LogP contribution < -0.4 is 5.32 Å². The van der Waals surface area contributed by atoms with E-state index in [0.717, 1.165) is 6.42 Å². The molecule has 66 valence electrons. The smallest absolute Gasteiger partial charge is 0.0921 e. The Kier molecular flexibility index (Phi) is 2.42. The number of imidazole rings is 1. The van der Waals surface area contributed by atoms with E-state index in [1.165, 1.54) is 31.5 Å². The minimum absolute atomic E-state index is 0.666. The molecule has 0 amide bonds. The molecule has 1 unspecified atom stereocenters. The normalized spacial score (nSPS) is 24.2. The van der Waals surface area contributed by atoms with Gasteiger partial charge in [0.1, 0.15) is 0 Å². The monoisotopic (exact) mass is 165 g/mol. The number of hydrogen-bond donors (Lipinski definition) is 2. The van der Waals surface area contributed by atoms with Crippen LogP contribution in [0.2, 0.25) is 0 Å². The molecule has 1 atom stereocenters. The SMILES string of the molecule is c1ncc(CC2CCCCN2)[nH]1. The number of nitrogens with zero attached hydrogens (tertiary/aromatic N) is 1. The van der Waals surface area contributed by atoms with E-state index in [9.17, 15) is 0 Å². The van der Waals surface area contributed by atoms with Crippen LogP contribution in [0.15, 0.2) is 12.5 Å². The third-order valence-electron chi connectivity index (χ3n) is 2.43. The summed E-state index contributed by atoms with van der Waals surface area (Å²) >= 11 is 0. The number of hydrogen-bond acceptors (Lipinski definition) is 2. The van der Waals surface area contributed by atoms with Gasteiger partial charge in [-0.3, -0.25) is 0 Å². The minimum Gasteiger partial charge on any atom is -0.348 e. The molecule has 2 rings (SSSR count). The maximum absolute atomic E-state index is 4.00. The summed E-state index contributed by atoms with van der Waals surface area (Å²) in [6.07, 6.45) is 8.76. The molecule has 0 spiro atoms. The maximum atomic E-state index is 4.00. The summed E-state index contributed by atoms with van der Waals surface area (Å²) in [6, 6.07) is 0.666. The van der Waals surface area contributed by atoms with Crippen LogP contribution in [0, 0.1) is 0 Å². The van der Waals surface area contributed by atoms with Crippen molar-refractivity contribution in [3.8, 4) is 0 Å². The Morgan fingerprint density at radius 1 is 1.50 bits per heavy atom. The third kappa shape index (κ3) is 1.85. The van der Waals surface area contributed by atoms with Gasteiger partial charge in [-0.2, -0.15) is 0 Å². The highest BCUT2D eigenvalue weighted by Gasteiger charge is 2.12. The fourth-order valence-corrected chi connectivity index (χ4v) is 1.76. The van der Waals surface area contributed by atoms with Crippen LogP contribution >= 0.6 is 0 Å². The Bertz CT molecular complexity index is 212. The highest BCUT2D eigenvalue weighted by molar-refractivity contribution is 4.97. The Hall–Kier alpha value is -0.830. The van der Waals surface area contributed by atoms with Crippen LogP contribution in [0.25, 0.3) is 0 Å². The summed E-state index contributed by atoms with van der Waals surface area (Å²) in [5.74, 6) is 0. The fourth-order valence-electron chi connectivity index (χ4n) is 1.76. The second-order valence-electron chi connectivity index (χ2n) is 3.43. The summed E-state index contributed by atoms with van der Waals surface area (Å²) in [7, 11) is 0. The largest absolute Gasteiger partial charge is 0.348 e. The van der Waals surface area contributed by atoms with Crippen molar-refractivity contribution >= 4 is 0 Å². The van der Waals surface area contributed by atoms with E-state index < -0.39 is 0 Å². The lowest BCUT2D eigenvalue weighted by atomic mass is 10.0. The molecule has 1 aliphatic heterocycles. The van der Waals surface area contributed by atoms with E-state index in [1.807, 2.05) is 6.20 Å². The standard InChI is InChI=1S/C9H15N3/c1-2-4-11-8(3-1)5-9-6-10-7-12-9/h6-8,11H,1-5H2,(H,10,12). The second-order valence-corrected chi connectivity index (χ2v) is 3.43. The molecule has 2 heterocycles. The van der Waals surface area contributed by atoms with E-state index in [4.69, 9.17) is 0 Å². The first-order chi connectivity index (χ1) is 5.95. The number of nitrogens with one attached hydrogen (secondary N) is 2. The number of piperidine rings is 1. The highest BCUT2D eigenvalue weighted by Crippen LogP contribution is 2.10. The molecule has 0 radical (unpaired) electrons. The van der Waals surface area contributed by atoms with Gasteiger partial charge < -0.3 is 10.3 Å². The zero-order valence-electron chi connectivity index (χ0n) is 7.21. The summed E-state index contributed by atoms with van der Waals surface area (Å²) in [5, 5.41) is 3.51. The molecule has 0 bridgehead atoms. The Balaban J connectivity index is 1.86. The molecule has 2 N–H and O–H groups in total. The molecule has 0 aliphatic carbocycles. The number of aromatic amines is 1. The molecular weight excluding hydrogens is 150 g/mol. The molecule has 0 aromatic carbocycles. The van der Waals surface area contributed by atoms with Crippen molar-refractivity contribution in [2.75, 3.05) is 6.54 Å². The van der Waals surface area contributed by atoms with Crippen molar-refractivity contribution in [2.24, 2.45) is 0 Å². The molecular formula is C9H15N3. The maximum Gasteiger partial charge on any atom is 0.0921 e. The van der Waals surface area contributed by atoms with Crippen molar-refractivity contribution in [3.63, 3.8) is 0 Å². The van der Waals surface area contributed by atoms with Gasteiger partial charge in [0.2, 0.25) is 0 Å². The summed E-state index contributed by atoms with van der Waals surface area (Å²) < 4.78 is 0. The topological polar surface area (TPSA) is 40.7 Å². The van der Waals surface area contributed by atoms with Gasteiger partial charge in [-0.05, 0) is 19.4 Å². The van der Waals surface area contributed by atoms with Crippen molar-refractivity contribution in [1.82, 2.24) is 15.3 Å². The van der Waals surface area contributed by atoms with E-state index in [0.29, 0.717) is 6.04 Å². The third-order valence-corrected chi connectivity index (χ3v) is 2.43. The average Bonchev–Trinajstić information content (AvgIpc) is 2.59. The predicted molar refractivity (Wildman–Crippen MR) is 47.9 cm³/mol. The summed E-state index contributed by atoms with van der Waals surface area (Å²) in [5.41, 5.74) is 1.24. The molecule has 1 aromatic heterocycles. The van der Waals surface area contributed by atoms with Crippen LogP contribution in [-0.4, -0.2) is 22.6 Å². The Morgan fingerprint density at radius 2 is 2.50 bits per heavy atom. The van der Waals surface area contributed by atoms with Crippen molar-refractivity contribution in [2.45, 2.75) is 31.7 Å². The van der Waals surface area contributed by atoms with Crippen LogP contribution in [-0.2, 0) is 6.42 Å². The first-order valence-corrected chi connectivity index (χ1v) is 4.66. The van der Waals surface area contributed by atoms with E-state index in [-0.39, 0.29) is 0 Å². The van der Waals surface area contributed by atoms with E-state index in [2.05, 4.69) is 15.3 Å². The summed E-state index contributed by atoms with van der Waals surface area (Å²) in [6.45, 7) is 1.18. The number of aromatic nitrogens is 2. The molecule has 1 saturated heterocycles. The van der Waals surface area contributed by atoms with Crippen LogP contribution in [0.3, 0.4) is 0 Å². The summed E-state index contributed by atoms with van der Waals surface area (Å²) in [4.78, 5) is 7.14. The van der Waals surface area contributed by atoms with Crippen LogP contribution in [0.5, 0.6) is 0 Å². The van der Waals surface area contributed by atoms with Crippen LogP contribution in [0.1, 0.15) is 25.0 Å². The van der Waals surface area contributed by atoms with Crippen LogP contribution in [0.4, 0.5) is 0 Å². The number of H-pyrrole nitrogens is 1. The highest BCUT2D eigenvalue weighted by atomic mass is 14.9. The molecule has 1 aliphatic rings. The molecule has 1 aromatic rings. The van der Waals surface area contributed by atoms with Gasteiger partial charge >= 0.3 is 0 Å². The van der Waals surface area contributed by atoms with Crippen molar-refractivity contribution in [3.05, 3.63) is 18.2 Å². The lowest BCUT2D eigenvalue weighted by molar-refractivity contribution is 0.397. The van der Waals surface area contributed by atoms with Gasteiger partial charge in [-0.25, -0.2) is 4.98 Å². The van der Waals surface area contributed by atoms with Gasteiger partial charge in [-0.15, -0.1) is 0 Å². The average molecular weight is 165 g/mol. The van der Waals surface area contributed by atoms with Crippen molar-refractivity contribution < 1.29 is 0 Å². The lowest BCUT2D eigenvalue weighted by Crippen LogP contribution is -2.35. The van der Waals surface area contributed by atoms with Gasteiger partial charge in [0.25, 0.3) is 0 Å². The molecule has 1 fully saturated rings. The Labute approximate surface area is 72.6 Å². The first-order valence-electron chi connectivity index (χ1n) is 4.66. The van der Waals surface area contributed by atoms with E-state index in [1.54, 1.807) is 6.33 Å². The van der Waals surface area contributed by atoms with Gasteiger partial charge in [0, 0.05) is 24.4 Å². The molecule has 3 heteroatoms. The lowest BCUT2D eigenvalue weighted by Gasteiger charge is -2.22. The number of rotatable bonds is 2. The molecule has 3 nitrogen and oxygen atoms in total. The minimum atomic E-state index is 0.666. The van der Waals surface area contributed by atoms with Gasteiger partial charge in [0.15, 0.2) is 0 Å². The van der Waals surface area contributed by atoms with Gasteiger partial charge in [0.05, 0.1) is 6.33 Å². The zero-order valence-corrected chi connectivity index (χ0v) is 7.21. The molecule has 12 heavy (non-hydrogen) atoms. The van der Waals surface area contributed by atoms with Crippen molar-refractivity contribution in [1.29, 1.82) is 0 Å². The quantitative estimate of drug-likeness (QED) is 0.688. The predicted octanol–water partition coefficient (Wildman–Crippen LogP) is 1.09. The van der Waals surface area contributed by atoms with Gasteiger partial charge in [-0.1, -0.05) is 6.42 Å². The second kappa shape index (κ2) is 3.72. The van der Waals surface area contributed by atoms with E-state index >= 15 is 0 Å².